The highest BCUT2D eigenvalue weighted by Gasteiger charge is 2.15. The third-order valence-corrected chi connectivity index (χ3v) is 3.38. The van der Waals surface area contributed by atoms with E-state index >= 15 is 0 Å². The number of carbonyl (C=O) groups is 1. The summed E-state index contributed by atoms with van der Waals surface area (Å²) in [4.78, 5) is 12.0. The van der Waals surface area contributed by atoms with Gasteiger partial charge in [0, 0.05) is 6.54 Å². The summed E-state index contributed by atoms with van der Waals surface area (Å²) in [6.45, 7) is 4.46. The Bertz CT molecular complexity index is 554. The van der Waals surface area contributed by atoms with E-state index in [1.54, 1.807) is 6.92 Å². The van der Waals surface area contributed by atoms with Gasteiger partial charge in [-0.2, -0.15) is 0 Å². The molecular formula is C18H21NO2. The SMILES string of the molecule is C[C@H](Oc1ccccc1)C(=O)NC[C@H](C)c1ccccc1. The van der Waals surface area contributed by atoms with Crippen LogP contribution >= 0.6 is 0 Å². The molecule has 2 aromatic carbocycles. The molecule has 0 aliphatic rings. The van der Waals surface area contributed by atoms with Crippen LogP contribution in [-0.2, 0) is 4.79 Å². The molecule has 2 rings (SSSR count). The zero-order chi connectivity index (χ0) is 15.1. The lowest BCUT2D eigenvalue weighted by atomic mass is 10.0. The first kappa shape index (κ1) is 15.1. The second-order valence-electron chi connectivity index (χ2n) is 5.13. The summed E-state index contributed by atoms with van der Waals surface area (Å²) in [7, 11) is 0. The summed E-state index contributed by atoms with van der Waals surface area (Å²) in [6.07, 6.45) is -0.504. The van der Waals surface area contributed by atoms with Gasteiger partial charge in [-0.15, -0.1) is 0 Å². The van der Waals surface area contributed by atoms with Crippen LogP contribution in [0.25, 0.3) is 0 Å². The summed E-state index contributed by atoms with van der Waals surface area (Å²) in [5, 5.41) is 2.94. The predicted octanol–water partition coefficient (Wildman–Crippen LogP) is 3.37. The van der Waals surface area contributed by atoms with Crippen molar-refractivity contribution in [2.45, 2.75) is 25.9 Å². The van der Waals surface area contributed by atoms with Crippen molar-refractivity contribution in [2.24, 2.45) is 0 Å². The first-order valence-corrected chi connectivity index (χ1v) is 7.21. The predicted molar refractivity (Wildman–Crippen MR) is 84.4 cm³/mol. The number of carbonyl (C=O) groups excluding carboxylic acids is 1. The normalized spacial score (nSPS) is 13.2. The van der Waals surface area contributed by atoms with Crippen molar-refractivity contribution in [1.29, 1.82) is 0 Å². The molecule has 0 aliphatic carbocycles. The highest BCUT2D eigenvalue weighted by molar-refractivity contribution is 5.80. The lowest BCUT2D eigenvalue weighted by Crippen LogP contribution is -2.38. The molecule has 1 N–H and O–H groups in total. The topological polar surface area (TPSA) is 38.3 Å². The summed E-state index contributed by atoms with van der Waals surface area (Å²) in [5.41, 5.74) is 1.22. The maximum Gasteiger partial charge on any atom is 0.260 e. The van der Waals surface area contributed by atoms with Gasteiger partial charge in [0.25, 0.3) is 5.91 Å². The lowest BCUT2D eigenvalue weighted by Gasteiger charge is -2.17. The van der Waals surface area contributed by atoms with Crippen LogP contribution in [0.2, 0.25) is 0 Å². The van der Waals surface area contributed by atoms with Gasteiger partial charge in [-0.3, -0.25) is 4.79 Å². The minimum atomic E-state index is -0.504. The summed E-state index contributed by atoms with van der Waals surface area (Å²) >= 11 is 0. The minimum absolute atomic E-state index is 0.0957. The molecule has 0 saturated heterocycles. The van der Waals surface area contributed by atoms with E-state index in [-0.39, 0.29) is 11.8 Å². The number of hydrogen-bond acceptors (Lipinski definition) is 2. The largest absolute Gasteiger partial charge is 0.481 e. The molecule has 0 spiro atoms. The van der Waals surface area contributed by atoms with E-state index in [0.29, 0.717) is 12.3 Å². The third kappa shape index (κ3) is 4.63. The fraction of sp³-hybridized carbons (Fsp3) is 0.278. The number of benzene rings is 2. The molecule has 0 fully saturated rings. The molecular weight excluding hydrogens is 262 g/mol. The second-order valence-corrected chi connectivity index (χ2v) is 5.13. The molecule has 2 aromatic rings. The van der Waals surface area contributed by atoms with Gasteiger partial charge in [-0.05, 0) is 30.5 Å². The van der Waals surface area contributed by atoms with Crippen molar-refractivity contribution in [3.8, 4) is 5.75 Å². The third-order valence-electron chi connectivity index (χ3n) is 3.38. The van der Waals surface area contributed by atoms with Gasteiger partial charge in [0.15, 0.2) is 6.10 Å². The van der Waals surface area contributed by atoms with Crippen molar-refractivity contribution >= 4 is 5.91 Å². The van der Waals surface area contributed by atoms with Crippen LogP contribution in [0.4, 0.5) is 0 Å². The van der Waals surface area contributed by atoms with Crippen LogP contribution in [0.1, 0.15) is 25.3 Å². The van der Waals surface area contributed by atoms with E-state index in [1.807, 2.05) is 48.5 Å². The Balaban J connectivity index is 1.81. The van der Waals surface area contributed by atoms with Gasteiger partial charge in [-0.25, -0.2) is 0 Å². The molecule has 0 aliphatic heterocycles. The monoisotopic (exact) mass is 283 g/mol. The van der Waals surface area contributed by atoms with Gasteiger partial charge in [0.05, 0.1) is 0 Å². The fourth-order valence-corrected chi connectivity index (χ4v) is 2.05. The number of rotatable bonds is 6. The van der Waals surface area contributed by atoms with Crippen molar-refractivity contribution < 1.29 is 9.53 Å². The van der Waals surface area contributed by atoms with Crippen molar-refractivity contribution in [2.75, 3.05) is 6.54 Å². The Morgan fingerprint density at radius 3 is 2.19 bits per heavy atom. The van der Waals surface area contributed by atoms with E-state index in [1.165, 1.54) is 5.56 Å². The number of para-hydroxylation sites is 1. The highest BCUT2D eigenvalue weighted by Crippen LogP contribution is 2.14. The maximum absolute atomic E-state index is 12.0. The van der Waals surface area contributed by atoms with Gasteiger partial charge in [0.2, 0.25) is 0 Å². The second kappa shape index (κ2) is 7.48. The molecule has 110 valence electrons. The molecule has 2 atom stereocenters. The minimum Gasteiger partial charge on any atom is -0.481 e. The molecule has 0 saturated carbocycles. The van der Waals surface area contributed by atoms with Crippen molar-refractivity contribution in [3.63, 3.8) is 0 Å². The van der Waals surface area contributed by atoms with Crippen LogP contribution in [0.5, 0.6) is 5.75 Å². The molecule has 0 unspecified atom stereocenters. The average molecular weight is 283 g/mol. The van der Waals surface area contributed by atoms with Crippen molar-refractivity contribution in [1.82, 2.24) is 5.32 Å². The first-order valence-electron chi connectivity index (χ1n) is 7.21. The molecule has 0 aromatic heterocycles. The van der Waals surface area contributed by atoms with E-state index < -0.39 is 6.10 Å². The van der Waals surface area contributed by atoms with Gasteiger partial charge < -0.3 is 10.1 Å². The number of nitrogens with one attached hydrogen (secondary N) is 1. The Labute approximate surface area is 126 Å². The molecule has 21 heavy (non-hydrogen) atoms. The molecule has 3 nitrogen and oxygen atoms in total. The molecule has 0 radical (unpaired) electrons. The summed E-state index contributed by atoms with van der Waals surface area (Å²) in [6, 6.07) is 19.5. The van der Waals surface area contributed by atoms with Crippen LogP contribution in [0, 0.1) is 0 Å². The fourth-order valence-electron chi connectivity index (χ4n) is 2.05. The number of ether oxygens (including phenoxy) is 1. The maximum atomic E-state index is 12.0. The smallest absolute Gasteiger partial charge is 0.260 e. The van der Waals surface area contributed by atoms with E-state index in [0.717, 1.165) is 0 Å². The lowest BCUT2D eigenvalue weighted by molar-refractivity contribution is -0.127. The van der Waals surface area contributed by atoms with Crippen LogP contribution in [-0.4, -0.2) is 18.6 Å². The van der Waals surface area contributed by atoms with E-state index in [2.05, 4.69) is 24.4 Å². The zero-order valence-electron chi connectivity index (χ0n) is 12.5. The van der Waals surface area contributed by atoms with E-state index in [4.69, 9.17) is 4.74 Å². The Morgan fingerprint density at radius 1 is 1.00 bits per heavy atom. The van der Waals surface area contributed by atoms with Crippen LogP contribution in [0.15, 0.2) is 60.7 Å². The highest BCUT2D eigenvalue weighted by atomic mass is 16.5. The zero-order valence-corrected chi connectivity index (χ0v) is 12.5. The van der Waals surface area contributed by atoms with E-state index in [9.17, 15) is 4.79 Å². The summed E-state index contributed by atoms with van der Waals surface area (Å²) in [5.74, 6) is 0.886. The quantitative estimate of drug-likeness (QED) is 0.882. The van der Waals surface area contributed by atoms with Gasteiger partial charge in [-0.1, -0.05) is 55.5 Å². The Kier molecular flexibility index (Phi) is 5.38. The van der Waals surface area contributed by atoms with Gasteiger partial charge >= 0.3 is 0 Å². The van der Waals surface area contributed by atoms with Crippen LogP contribution < -0.4 is 10.1 Å². The Hall–Kier alpha value is -2.29. The summed E-state index contributed by atoms with van der Waals surface area (Å²) < 4.78 is 5.60. The molecule has 1 amide bonds. The number of amides is 1. The molecule has 3 heteroatoms. The van der Waals surface area contributed by atoms with Gasteiger partial charge in [0.1, 0.15) is 5.75 Å². The van der Waals surface area contributed by atoms with Crippen molar-refractivity contribution in [3.05, 3.63) is 66.2 Å². The molecule has 0 heterocycles. The standard InChI is InChI=1S/C18H21NO2/c1-14(16-9-5-3-6-10-16)13-19-18(20)15(2)21-17-11-7-4-8-12-17/h3-12,14-15H,13H2,1-2H3,(H,19,20)/t14-,15-/m0/s1. The first-order chi connectivity index (χ1) is 10.2. The van der Waals surface area contributed by atoms with Crippen LogP contribution in [0.3, 0.4) is 0 Å². The average Bonchev–Trinajstić information content (AvgIpc) is 2.54. The Morgan fingerprint density at radius 2 is 1.57 bits per heavy atom. The molecule has 0 bridgehead atoms. The number of hydrogen-bond donors (Lipinski definition) is 1.